The van der Waals surface area contributed by atoms with Crippen molar-refractivity contribution in [1.82, 2.24) is 9.36 Å². The summed E-state index contributed by atoms with van der Waals surface area (Å²) in [6.45, 7) is 1.48. The van der Waals surface area contributed by atoms with E-state index in [-0.39, 0.29) is 21.3 Å². The van der Waals surface area contributed by atoms with Crippen molar-refractivity contribution in [1.29, 1.82) is 0 Å². The smallest absolute Gasteiger partial charge is 0.338 e. The van der Waals surface area contributed by atoms with Gasteiger partial charge in [0.2, 0.25) is 0 Å². The number of para-hydroxylation sites is 2. The first-order valence-electron chi connectivity index (χ1n) is 12.4. The Hall–Kier alpha value is -4.06. The molecule has 0 radical (unpaired) electrons. The van der Waals surface area contributed by atoms with E-state index in [1.165, 1.54) is 14.3 Å². The number of esters is 1. The highest BCUT2D eigenvalue weighted by Gasteiger charge is 2.28. The molecule has 13 heteroatoms. The zero-order chi connectivity index (χ0) is 29.5. The fraction of sp³-hybridized carbons (Fsp3) is 0.179. The molecule has 0 saturated carbocycles. The third kappa shape index (κ3) is 5.35. The van der Waals surface area contributed by atoms with Crippen LogP contribution < -0.4 is 15.2 Å². The lowest BCUT2D eigenvalue weighted by Crippen LogP contribution is -2.33. The molecule has 0 unspecified atom stereocenters. The van der Waals surface area contributed by atoms with Gasteiger partial charge in [-0.3, -0.25) is 19.0 Å². The van der Waals surface area contributed by atoms with Gasteiger partial charge >= 0.3 is 5.97 Å². The second kappa shape index (κ2) is 11.1. The number of carbonyl (C=O) groups is 2. The molecule has 41 heavy (non-hydrogen) atoms. The Morgan fingerprint density at radius 3 is 2.44 bits per heavy atom. The molecule has 1 aromatic heterocycles. The number of hydrogen-bond donors (Lipinski definition) is 1. The summed E-state index contributed by atoms with van der Waals surface area (Å²) < 4.78 is 37.2. The van der Waals surface area contributed by atoms with E-state index in [0.717, 1.165) is 23.4 Å². The van der Waals surface area contributed by atoms with E-state index in [4.69, 9.17) is 27.9 Å². The van der Waals surface area contributed by atoms with Crippen molar-refractivity contribution >= 4 is 56.5 Å². The topological polar surface area (TPSA) is 120 Å². The standard InChI is InChI=1S/C28H24Cl2N4O6S/c1-17-26(27(36)34(32(17)2)20-9-4-3-5-10-20)31-41(38,39)23-15-19(14-21(29)25(23)30)28(37)40-16-24(35)33-13-12-18-8-6-7-11-22(18)33/h3-11,14-15,31H,12-13,16H2,1-2H3. The Labute approximate surface area is 245 Å². The van der Waals surface area contributed by atoms with Crippen molar-refractivity contribution in [3.63, 3.8) is 0 Å². The van der Waals surface area contributed by atoms with E-state index >= 15 is 0 Å². The van der Waals surface area contributed by atoms with Crippen LogP contribution in [0.4, 0.5) is 11.4 Å². The predicted molar refractivity (Wildman–Crippen MR) is 156 cm³/mol. The second-order valence-corrected chi connectivity index (χ2v) is 11.7. The van der Waals surface area contributed by atoms with Crippen LogP contribution in [-0.2, 0) is 33.0 Å². The zero-order valence-corrected chi connectivity index (χ0v) is 24.3. The Morgan fingerprint density at radius 2 is 1.71 bits per heavy atom. The number of aromatic nitrogens is 2. The largest absolute Gasteiger partial charge is 0.452 e. The Morgan fingerprint density at radius 1 is 1.02 bits per heavy atom. The summed E-state index contributed by atoms with van der Waals surface area (Å²) in [5, 5.41) is -0.579. The number of nitrogens with one attached hydrogen (secondary N) is 1. The van der Waals surface area contributed by atoms with Gasteiger partial charge in [0.15, 0.2) is 6.61 Å². The number of nitrogens with zero attached hydrogens (tertiary/aromatic N) is 3. The van der Waals surface area contributed by atoms with Gasteiger partial charge in [0.1, 0.15) is 10.6 Å². The van der Waals surface area contributed by atoms with Gasteiger partial charge in [0, 0.05) is 19.3 Å². The van der Waals surface area contributed by atoms with Crippen molar-refractivity contribution in [2.45, 2.75) is 18.2 Å². The van der Waals surface area contributed by atoms with Crippen molar-refractivity contribution in [3.8, 4) is 5.69 Å². The van der Waals surface area contributed by atoms with Crippen LogP contribution in [-0.4, -0.2) is 42.8 Å². The Bertz CT molecular complexity index is 1850. The molecule has 0 atom stereocenters. The van der Waals surface area contributed by atoms with Crippen LogP contribution in [0, 0.1) is 6.92 Å². The van der Waals surface area contributed by atoms with E-state index in [1.807, 2.05) is 24.3 Å². The molecule has 0 fully saturated rings. The van der Waals surface area contributed by atoms with E-state index in [1.54, 1.807) is 44.3 Å². The molecule has 0 bridgehead atoms. The van der Waals surface area contributed by atoms with Crippen LogP contribution in [0.5, 0.6) is 0 Å². The minimum atomic E-state index is -4.51. The number of carbonyl (C=O) groups excluding carboxylic acids is 2. The highest BCUT2D eigenvalue weighted by Crippen LogP contribution is 2.33. The maximum absolute atomic E-state index is 13.4. The third-order valence-electron chi connectivity index (χ3n) is 6.83. The van der Waals surface area contributed by atoms with Gasteiger partial charge in [0.25, 0.3) is 21.5 Å². The molecule has 212 valence electrons. The molecule has 5 rings (SSSR count). The molecule has 1 N–H and O–H groups in total. The average molecular weight is 615 g/mol. The van der Waals surface area contributed by atoms with Crippen LogP contribution in [0.3, 0.4) is 0 Å². The first-order chi connectivity index (χ1) is 19.5. The molecule has 0 spiro atoms. The Kier molecular flexibility index (Phi) is 7.69. The number of ether oxygens (including phenoxy) is 1. The SMILES string of the molecule is Cc1c(NS(=O)(=O)c2cc(C(=O)OCC(=O)N3CCc4ccccc43)cc(Cl)c2Cl)c(=O)n(-c2ccccc2)n1C. The van der Waals surface area contributed by atoms with Crippen molar-refractivity contribution in [3.05, 3.63) is 104 Å². The van der Waals surface area contributed by atoms with Gasteiger partial charge in [-0.05, 0) is 49.2 Å². The van der Waals surface area contributed by atoms with Gasteiger partial charge in [0.05, 0.1) is 27.0 Å². The fourth-order valence-corrected chi connectivity index (χ4v) is 6.57. The summed E-state index contributed by atoms with van der Waals surface area (Å²) in [5.41, 5.74) is 1.59. The average Bonchev–Trinajstić information content (AvgIpc) is 3.48. The van der Waals surface area contributed by atoms with E-state index in [2.05, 4.69) is 4.72 Å². The highest BCUT2D eigenvalue weighted by molar-refractivity contribution is 7.92. The number of amides is 1. The Balaban J connectivity index is 1.39. The number of benzene rings is 3. The molecule has 1 aliphatic rings. The summed E-state index contributed by atoms with van der Waals surface area (Å²) in [6.07, 6.45) is 0.689. The first kappa shape index (κ1) is 28.5. The highest BCUT2D eigenvalue weighted by atomic mass is 35.5. The van der Waals surface area contributed by atoms with Gasteiger partial charge in [-0.15, -0.1) is 0 Å². The number of sulfonamides is 1. The number of hydrogen-bond acceptors (Lipinski definition) is 6. The number of fused-ring (bicyclic) bond motifs is 1. The summed E-state index contributed by atoms with van der Waals surface area (Å²) in [4.78, 5) is 39.8. The lowest BCUT2D eigenvalue weighted by atomic mass is 10.2. The summed E-state index contributed by atoms with van der Waals surface area (Å²) in [5.74, 6) is -1.39. The minimum Gasteiger partial charge on any atom is -0.452 e. The lowest BCUT2D eigenvalue weighted by molar-refractivity contribution is -0.121. The molecular formula is C28H24Cl2N4O6S. The monoisotopic (exact) mass is 614 g/mol. The van der Waals surface area contributed by atoms with Crippen LogP contribution >= 0.6 is 23.2 Å². The quantitative estimate of drug-likeness (QED) is 0.309. The molecule has 1 amide bonds. The molecule has 4 aromatic rings. The lowest BCUT2D eigenvalue weighted by Gasteiger charge is -2.17. The normalized spacial score (nSPS) is 12.7. The fourth-order valence-electron chi connectivity index (χ4n) is 4.64. The maximum atomic E-state index is 13.4. The zero-order valence-electron chi connectivity index (χ0n) is 21.9. The van der Waals surface area contributed by atoms with Crippen LogP contribution in [0.2, 0.25) is 10.0 Å². The van der Waals surface area contributed by atoms with Crippen LogP contribution in [0.15, 0.2) is 76.4 Å². The van der Waals surface area contributed by atoms with Crippen LogP contribution in [0.1, 0.15) is 21.6 Å². The van der Waals surface area contributed by atoms with Crippen molar-refractivity contribution in [2.24, 2.45) is 7.05 Å². The maximum Gasteiger partial charge on any atom is 0.338 e. The van der Waals surface area contributed by atoms with E-state index in [0.29, 0.717) is 24.3 Å². The van der Waals surface area contributed by atoms with Crippen molar-refractivity contribution < 1.29 is 22.7 Å². The van der Waals surface area contributed by atoms with E-state index < -0.39 is 39.0 Å². The molecule has 3 aromatic carbocycles. The number of anilines is 2. The molecule has 1 aliphatic heterocycles. The molecule has 0 saturated heterocycles. The van der Waals surface area contributed by atoms with Gasteiger partial charge in [-0.1, -0.05) is 59.6 Å². The molecule has 0 aliphatic carbocycles. The molecular weight excluding hydrogens is 591 g/mol. The summed E-state index contributed by atoms with van der Waals surface area (Å²) >= 11 is 12.4. The molecule has 2 heterocycles. The van der Waals surface area contributed by atoms with Crippen LogP contribution in [0.25, 0.3) is 5.69 Å². The van der Waals surface area contributed by atoms with E-state index in [9.17, 15) is 22.8 Å². The summed E-state index contributed by atoms with van der Waals surface area (Å²) in [7, 11) is -2.89. The third-order valence-corrected chi connectivity index (χ3v) is 9.11. The van der Waals surface area contributed by atoms with Gasteiger partial charge < -0.3 is 9.64 Å². The first-order valence-corrected chi connectivity index (χ1v) is 14.6. The van der Waals surface area contributed by atoms with Crippen molar-refractivity contribution in [2.75, 3.05) is 22.8 Å². The number of halogens is 2. The number of rotatable bonds is 7. The minimum absolute atomic E-state index is 0.201. The molecule has 10 nitrogen and oxygen atoms in total. The van der Waals surface area contributed by atoms with Gasteiger partial charge in [-0.2, -0.15) is 0 Å². The second-order valence-electron chi connectivity index (χ2n) is 9.31. The predicted octanol–water partition coefficient (Wildman–Crippen LogP) is 4.34. The summed E-state index contributed by atoms with van der Waals surface area (Å²) in [6, 6.07) is 18.3. The van der Waals surface area contributed by atoms with Gasteiger partial charge in [-0.25, -0.2) is 17.9 Å².